The van der Waals surface area contributed by atoms with Crippen LogP contribution in [0.25, 0.3) is 10.9 Å². The summed E-state index contributed by atoms with van der Waals surface area (Å²) in [6.07, 6.45) is 4.58. The van der Waals surface area contributed by atoms with Gasteiger partial charge in [0.15, 0.2) is 0 Å². The molecule has 0 saturated carbocycles. The lowest BCUT2D eigenvalue weighted by Gasteiger charge is -2.10. The molecule has 0 aliphatic carbocycles. The van der Waals surface area contributed by atoms with Crippen LogP contribution in [0.5, 0.6) is 5.75 Å². The van der Waals surface area contributed by atoms with E-state index in [0.29, 0.717) is 12.1 Å². The maximum atomic E-state index is 13.3. The third-order valence-electron chi connectivity index (χ3n) is 4.79. The Balaban J connectivity index is 1.80. The minimum Gasteiger partial charge on any atom is -0.497 e. The van der Waals surface area contributed by atoms with E-state index in [1.54, 1.807) is 31.6 Å². The van der Waals surface area contributed by atoms with Crippen LogP contribution in [0.1, 0.15) is 5.56 Å². The molecule has 2 N–H and O–H groups in total. The molecule has 0 atom stereocenters. The molecule has 0 aliphatic heterocycles. The fourth-order valence-electron chi connectivity index (χ4n) is 3.33. The zero-order chi connectivity index (χ0) is 21.1. The van der Waals surface area contributed by atoms with Crippen LogP contribution in [0.4, 0.5) is 11.4 Å². The first-order valence-electron chi connectivity index (χ1n) is 9.38. The molecular weight excluding hydrogens is 400 g/mol. The van der Waals surface area contributed by atoms with E-state index in [4.69, 9.17) is 4.74 Å². The molecule has 0 spiro atoms. The van der Waals surface area contributed by atoms with Gasteiger partial charge in [0.05, 0.1) is 12.6 Å². The van der Waals surface area contributed by atoms with E-state index in [1.165, 1.54) is 10.2 Å². The smallest absolute Gasteiger partial charge is 0.269 e. The van der Waals surface area contributed by atoms with Crippen molar-refractivity contribution in [1.29, 1.82) is 0 Å². The average Bonchev–Trinajstić information content (AvgIpc) is 3.14. The van der Waals surface area contributed by atoms with Crippen molar-refractivity contribution in [3.8, 4) is 5.75 Å². The Hall–Kier alpha value is -3.36. The van der Waals surface area contributed by atoms with Crippen LogP contribution in [-0.4, -0.2) is 31.5 Å². The van der Waals surface area contributed by atoms with Crippen molar-refractivity contribution >= 4 is 32.3 Å². The van der Waals surface area contributed by atoms with Crippen molar-refractivity contribution in [3.63, 3.8) is 0 Å². The monoisotopic (exact) mass is 422 g/mol. The Morgan fingerprint density at radius 2 is 1.83 bits per heavy atom. The quantitative estimate of drug-likeness (QED) is 0.472. The number of pyridine rings is 1. The lowest BCUT2D eigenvalue weighted by Crippen LogP contribution is -2.12. The van der Waals surface area contributed by atoms with Gasteiger partial charge in [0, 0.05) is 41.9 Å². The van der Waals surface area contributed by atoms with E-state index >= 15 is 0 Å². The lowest BCUT2D eigenvalue weighted by molar-refractivity contribution is 0.415. The van der Waals surface area contributed by atoms with E-state index in [9.17, 15) is 8.42 Å². The molecule has 8 heteroatoms. The SMILES string of the molecule is CNCc1cn(S(=O)(=O)c2cccnc2)c2cc(Nc3ccc(OC)cc3)ccc12. The van der Waals surface area contributed by atoms with Crippen LogP contribution >= 0.6 is 0 Å². The van der Waals surface area contributed by atoms with Crippen LogP contribution in [-0.2, 0) is 16.6 Å². The summed E-state index contributed by atoms with van der Waals surface area (Å²) in [5.41, 5.74) is 3.15. The Labute approximate surface area is 175 Å². The van der Waals surface area contributed by atoms with Gasteiger partial charge < -0.3 is 15.4 Å². The van der Waals surface area contributed by atoms with Gasteiger partial charge in [-0.3, -0.25) is 4.98 Å². The Morgan fingerprint density at radius 3 is 2.50 bits per heavy atom. The van der Waals surface area contributed by atoms with Gasteiger partial charge in [-0.15, -0.1) is 0 Å². The third kappa shape index (κ3) is 3.74. The van der Waals surface area contributed by atoms with Gasteiger partial charge in [-0.25, -0.2) is 12.4 Å². The van der Waals surface area contributed by atoms with E-state index in [2.05, 4.69) is 15.6 Å². The second-order valence-electron chi connectivity index (χ2n) is 6.76. The molecule has 0 amide bonds. The number of rotatable bonds is 7. The van der Waals surface area contributed by atoms with Crippen molar-refractivity contribution < 1.29 is 13.2 Å². The number of aromatic nitrogens is 2. The zero-order valence-corrected chi connectivity index (χ0v) is 17.5. The van der Waals surface area contributed by atoms with Gasteiger partial charge in [-0.05, 0) is 61.1 Å². The van der Waals surface area contributed by atoms with Crippen molar-refractivity contribution in [2.24, 2.45) is 0 Å². The number of anilines is 2. The number of nitrogens with zero attached hydrogens (tertiary/aromatic N) is 2. The molecule has 7 nitrogen and oxygen atoms in total. The highest BCUT2D eigenvalue weighted by molar-refractivity contribution is 7.90. The topological polar surface area (TPSA) is 85.2 Å². The molecular formula is C22H22N4O3S. The molecule has 4 aromatic rings. The summed E-state index contributed by atoms with van der Waals surface area (Å²) in [7, 11) is -0.327. The minimum atomic E-state index is -3.78. The van der Waals surface area contributed by atoms with Crippen LogP contribution < -0.4 is 15.4 Å². The van der Waals surface area contributed by atoms with E-state index < -0.39 is 10.0 Å². The van der Waals surface area contributed by atoms with Gasteiger partial charge >= 0.3 is 0 Å². The molecule has 154 valence electrons. The second kappa shape index (κ2) is 8.17. The van der Waals surface area contributed by atoms with Gasteiger partial charge in [0.25, 0.3) is 10.0 Å². The maximum Gasteiger partial charge on any atom is 0.269 e. The molecule has 0 radical (unpaired) electrons. The normalized spacial score (nSPS) is 11.5. The molecule has 2 aromatic carbocycles. The van der Waals surface area contributed by atoms with Crippen molar-refractivity contribution in [3.05, 3.63) is 78.8 Å². The summed E-state index contributed by atoms with van der Waals surface area (Å²) in [5, 5.41) is 7.29. The molecule has 4 rings (SSSR count). The van der Waals surface area contributed by atoms with Crippen molar-refractivity contribution in [2.75, 3.05) is 19.5 Å². The highest BCUT2D eigenvalue weighted by Crippen LogP contribution is 2.30. The van der Waals surface area contributed by atoms with Gasteiger partial charge in [0.2, 0.25) is 0 Å². The summed E-state index contributed by atoms with van der Waals surface area (Å²) in [5.74, 6) is 0.768. The molecule has 30 heavy (non-hydrogen) atoms. The predicted octanol–water partition coefficient (Wildman–Crippen LogP) is 3.74. The molecule has 0 fully saturated rings. The third-order valence-corrected chi connectivity index (χ3v) is 6.45. The number of benzene rings is 2. The molecule has 2 heterocycles. The molecule has 0 saturated heterocycles. The number of ether oxygens (including phenoxy) is 1. The Kier molecular flexibility index (Phi) is 5.43. The predicted molar refractivity (Wildman–Crippen MR) is 118 cm³/mol. The standard InChI is InChI=1S/C22H22N4O3S/c1-23-13-16-15-26(30(27,28)20-4-3-11-24-14-20)22-12-18(7-10-21(16)22)25-17-5-8-19(29-2)9-6-17/h3-12,14-15,23,25H,13H2,1-2H3. The average molecular weight is 423 g/mol. The van der Waals surface area contributed by atoms with Gasteiger partial charge in [0.1, 0.15) is 10.6 Å². The Morgan fingerprint density at radius 1 is 1.07 bits per heavy atom. The number of fused-ring (bicyclic) bond motifs is 1. The summed E-state index contributed by atoms with van der Waals surface area (Å²) in [6, 6.07) is 16.4. The highest BCUT2D eigenvalue weighted by Gasteiger charge is 2.21. The first-order valence-corrected chi connectivity index (χ1v) is 10.8. The molecule has 0 unspecified atom stereocenters. The lowest BCUT2D eigenvalue weighted by atomic mass is 10.1. The highest BCUT2D eigenvalue weighted by atomic mass is 32.2. The fourth-order valence-corrected chi connectivity index (χ4v) is 4.68. The van der Waals surface area contributed by atoms with Crippen LogP contribution in [0.15, 0.2) is 78.1 Å². The van der Waals surface area contributed by atoms with Crippen LogP contribution in [0.3, 0.4) is 0 Å². The maximum absolute atomic E-state index is 13.3. The first-order chi connectivity index (χ1) is 14.5. The van der Waals surface area contributed by atoms with Crippen molar-refractivity contribution in [1.82, 2.24) is 14.3 Å². The Bertz CT molecular complexity index is 1270. The van der Waals surface area contributed by atoms with E-state index in [1.807, 2.05) is 49.5 Å². The van der Waals surface area contributed by atoms with Gasteiger partial charge in [-0.2, -0.15) is 0 Å². The summed E-state index contributed by atoms with van der Waals surface area (Å²) >= 11 is 0. The van der Waals surface area contributed by atoms with Gasteiger partial charge in [-0.1, -0.05) is 6.07 Å². The minimum absolute atomic E-state index is 0.145. The van der Waals surface area contributed by atoms with Crippen LogP contribution in [0, 0.1) is 0 Å². The molecule has 2 aromatic heterocycles. The molecule has 0 aliphatic rings. The number of methoxy groups -OCH3 is 1. The second-order valence-corrected chi connectivity index (χ2v) is 8.57. The van der Waals surface area contributed by atoms with E-state index in [0.717, 1.165) is 28.1 Å². The number of hydrogen-bond acceptors (Lipinski definition) is 6. The first kappa shape index (κ1) is 19.9. The zero-order valence-electron chi connectivity index (χ0n) is 16.7. The summed E-state index contributed by atoms with van der Waals surface area (Å²) < 4.78 is 33.1. The van der Waals surface area contributed by atoms with Crippen molar-refractivity contribution in [2.45, 2.75) is 11.4 Å². The summed E-state index contributed by atoms with van der Waals surface area (Å²) in [4.78, 5) is 4.10. The molecule has 0 bridgehead atoms. The largest absolute Gasteiger partial charge is 0.497 e. The number of nitrogens with one attached hydrogen (secondary N) is 2. The summed E-state index contributed by atoms with van der Waals surface area (Å²) in [6.45, 7) is 0.553. The fraction of sp³-hybridized carbons (Fsp3) is 0.136. The van der Waals surface area contributed by atoms with E-state index in [-0.39, 0.29) is 4.90 Å². The number of hydrogen-bond donors (Lipinski definition) is 2. The van der Waals surface area contributed by atoms with Crippen LogP contribution in [0.2, 0.25) is 0 Å².